The van der Waals surface area contributed by atoms with E-state index < -0.39 is 0 Å². The Morgan fingerprint density at radius 1 is 1.26 bits per heavy atom. The van der Waals surface area contributed by atoms with Crippen LogP contribution in [0.25, 0.3) is 0 Å². The molecule has 2 fully saturated rings. The Morgan fingerprint density at radius 3 is 2.74 bits per heavy atom. The number of benzene rings is 1. The molecular formula is C16H22N2O. The predicted molar refractivity (Wildman–Crippen MR) is 75.4 cm³/mol. The van der Waals surface area contributed by atoms with Crippen molar-refractivity contribution in [3.63, 3.8) is 0 Å². The third-order valence-electron chi connectivity index (χ3n) is 4.61. The molecule has 2 heterocycles. The lowest BCUT2D eigenvalue weighted by atomic mass is 9.78. The van der Waals surface area contributed by atoms with Gasteiger partial charge in [0, 0.05) is 19.1 Å². The Morgan fingerprint density at radius 2 is 2.00 bits per heavy atom. The quantitative estimate of drug-likeness (QED) is 0.813. The van der Waals surface area contributed by atoms with Gasteiger partial charge in [0.25, 0.3) is 0 Å². The molecule has 2 saturated heterocycles. The fourth-order valence-electron chi connectivity index (χ4n) is 3.36. The lowest BCUT2D eigenvalue weighted by molar-refractivity contribution is -0.167. The summed E-state index contributed by atoms with van der Waals surface area (Å²) in [5, 5.41) is 4.26. The first kappa shape index (κ1) is 12.7. The summed E-state index contributed by atoms with van der Waals surface area (Å²) in [6.07, 6.45) is 2.92. The number of amides is 1. The largest absolute Gasteiger partial charge is 0.273 e. The fraction of sp³-hybridized carbons (Fsp3) is 0.562. The van der Waals surface area contributed by atoms with E-state index in [4.69, 9.17) is 0 Å². The maximum Gasteiger partial charge on any atom is 0.243 e. The maximum absolute atomic E-state index is 12.8. The van der Waals surface area contributed by atoms with Gasteiger partial charge in [-0.1, -0.05) is 37.3 Å². The van der Waals surface area contributed by atoms with Crippen LogP contribution in [0.15, 0.2) is 30.3 Å². The van der Waals surface area contributed by atoms with Crippen LogP contribution in [0.2, 0.25) is 0 Å². The van der Waals surface area contributed by atoms with Crippen molar-refractivity contribution in [2.24, 2.45) is 5.41 Å². The van der Waals surface area contributed by atoms with Crippen LogP contribution in [0.3, 0.4) is 0 Å². The van der Waals surface area contributed by atoms with Gasteiger partial charge < -0.3 is 0 Å². The van der Waals surface area contributed by atoms with Crippen molar-refractivity contribution < 1.29 is 4.79 Å². The van der Waals surface area contributed by atoms with E-state index in [1.54, 1.807) is 0 Å². The molecule has 3 heteroatoms. The van der Waals surface area contributed by atoms with Crippen LogP contribution in [0, 0.1) is 5.41 Å². The van der Waals surface area contributed by atoms with Gasteiger partial charge >= 0.3 is 0 Å². The molecule has 1 aromatic carbocycles. The van der Waals surface area contributed by atoms with Gasteiger partial charge in [0.05, 0.1) is 5.41 Å². The molecule has 3 rings (SSSR count). The summed E-state index contributed by atoms with van der Waals surface area (Å²) in [5.74, 6) is 0.313. The third kappa shape index (κ3) is 2.16. The highest BCUT2D eigenvalue weighted by Gasteiger charge is 2.46. The smallest absolute Gasteiger partial charge is 0.243 e. The first-order valence-corrected chi connectivity index (χ1v) is 7.23. The minimum absolute atomic E-state index is 0.240. The Balaban J connectivity index is 1.82. The Hall–Kier alpha value is -1.35. The number of fused-ring (bicyclic) bond motifs is 1. The molecule has 19 heavy (non-hydrogen) atoms. The number of hydrazine groups is 1. The van der Waals surface area contributed by atoms with Crippen molar-refractivity contribution >= 4 is 5.91 Å². The SMILES string of the molecule is C[C@@H]1CCN2CC[C@@](C)(Cc3ccccc3)C(=O)N12. The van der Waals surface area contributed by atoms with E-state index in [9.17, 15) is 4.79 Å². The van der Waals surface area contributed by atoms with E-state index in [-0.39, 0.29) is 5.41 Å². The van der Waals surface area contributed by atoms with Gasteiger partial charge in [0.1, 0.15) is 0 Å². The molecule has 0 bridgehead atoms. The van der Waals surface area contributed by atoms with Crippen LogP contribution in [0.1, 0.15) is 32.3 Å². The lowest BCUT2D eigenvalue weighted by Crippen LogP contribution is -2.57. The zero-order valence-electron chi connectivity index (χ0n) is 11.8. The van der Waals surface area contributed by atoms with Crippen LogP contribution >= 0.6 is 0 Å². The van der Waals surface area contributed by atoms with E-state index in [0.29, 0.717) is 11.9 Å². The van der Waals surface area contributed by atoms with Gasteiger partial charge in [-0.25, -0.2) is 5.01 Å². The Labute approximate surface area is 115 Å². The summed E-state index contributed by atoms with van der Waals surface area (Å²) >= 11 is 0. The Bertz CT molecular complexity index is 473. The molecule has 2 aliphatic heterocycles. The number of carbonyl (C=O) groups excluding carboxylic acids is 1. The first-order chi connectivity index (χ1) is 9.10. The van der Waals surface area contributed by atoms with Gasteiger partial charge in [-0.2, -0.15) is 0 Å². The molecule has 0 saturated carbocycles. The molecule has 2 aliphatic rings. The van der Waals surface area contributed by atoms with E-state index in [1.165, 1.54) is 5.56 Å². The van der Waals surface area contributed by atoms with Gasteiger partial charge in [-0.05, 0) is 31.7 Å². The highest BCUT2D eigenvalue weighted by atomic mass is 16.2. The minimum atomic E-state index is -0.240. The van der Waals surface area contributed by atoms with E-state index in [1.807, 2.05) is 11.1 Å². The first-order valence-electron chi connectivity index (χ1n) is 7.23. The number of hydrogen-bond donors (Lipinski definition) is 0. The number of hydrogen-bond acceptors (Lipinski definition) is 2. The van der Waals surface area contributed by atoms with E-state index in [0.717, 1.165) is 32.4 Å². The van der Waals surface area contributed by atoms with Crippen molar-refractivity contribution in [1.29, 1.82) is 0 Å². The van der Waals surface area contributed by atoms with Crippen LogP contribution in [0.4, 0.5) is 0 Å². The molecule has 0 aliphatic carbocycles. The summed E-state index contributed by atoms with van der Waals surface area (Å²) in [5.41, 5.74) is 1.02. The van der Waals surface area contributed by atoms with Gasteiger partial charge in [0.15, 0.2) is 0 Å². The molecule has 2 atom stereocenters. The fourth-order valence-corrected chi connectivity index (χ4v) is 3.36. The van der Waals surface area contributed by atoms with Crippen LogP contribution in [0.5, 0.6) is 0 Å². The number of carbonyl (C=O) groups is 1. The van der Waals surface area contributed by atoms with Gasteiger partial charge in [0.2, 0.25) is 5.91 Å². The predicted octanol–water partition coefficient (Wildman–Crippen LogP) is 2.48. The van der Waals surface area contributed by atoms with Crippen molar-refractivity contribution in [3.05, 3.63) is 35.9 Å². The summed E-state index contributed by atoms with van der Waals surface area (Å²) in [6.45, 7) is 6.34. The molecule has 102 valence electrons. The van der Waals surface area contributed by atoms with E-state index in [2.05, 4.69) is 43.1 Å². The summed E-state index contributed by atoms with van der Waals surface area (Å²) in [7, 11) is 0. The van der Waals surface area contributed by atoms with Crippen LogP contribution < -0.4 is 0 Å². The standard InChI is InChI=1S/C16H22N2O/c1-13-8-10-17-11-9-16(2,15(19)18(13)17)12-14-6-4-3-5-7-14/h3-7,13H,8-12H2,1-2H3/t13-,16+/m1/s1. The zero-order valence-corrected chi connectivity index (χ0v) is 11.8. The Kier molecular flexibility index (Phi) is 3.09. The lowest BCUT2D eigenvalue weighted by Gasteiger charge is -2.44. The highest BCUT2D eigenvalue weighted by molar-refractivity contribution is 5.83. The van der Waals surface area contributed by atoms with Crippen molar-refractivity contribution in [2.45, 2.75) is 39.2 Å². The molecule has 0 spiro atoms. The topological polar surface area (TPSA) is 23.6 Å². The second-order valence-corrected chi connectivity index (χ2v) is 6.21. The highest BCUT2D eigenvalue weighted by Crippen LogP contribution is 2.37. The molecule has 0 N–H and O–H groups in total. The average molecular weight is 258 g/mol. The number of rotatable bonds is 2. The van der Waals surface area contributed by atoms with Crippen LogP contribution in [-0.4, -0.2) is 35.1 Å². The molecule has 1 aromatic rings. The average Bonchev–Trinajstić information content (AvgIpc) is 2.78. The second kappa shape index (κ2) is 4.64. The molecule has 3 nitrogen and oxygen atoms in total. The zero-order chi connectivity index (χ0) is 13.5. The van der Waals surface area contributed by atoms with E-state index >= 15 is 0 Å². The normalized spacial score (nSPS) is 31.6. The molecular weight excluding hydrogens is 236 g/mol. The van der Waals surface area contributed by atoms with Crippen molar-refractivity contribution in [1.82, 2.24) is 10.0 Å². The van der Waals surface area contributed by atoms with Gasteiger partial charge in [-0.3, -0.25) is 9.80 Å². The third-order valence-corrected chi connectivity index (χ3v) is 4.61. The molecule has 1 amide bonds. The molecule has 0 unspecified atom stereocenters. The second-order valence-electron chi connectivity index (χ2n) is 6.21. The monoisotopic (exact) mass is 258 g/mol. The van der Waals surface area contributed by atoms with Crippen LogP contribution in [-0.2, 0) is 11.2 Å². The maximum atomic E-state index is 12.8. The van der Waals surface area contributed by atoms with Gasteiger partial charge in [-0.15, -0.1) is 0 Å². The van der Waals surface area contributed by atoms with Crippen molar-refractivity contribution in [2.75, 3.05) is 13.1 Å². The summed E-state index contributed by atoms with van der Waals surface area (Å²) in [4.78, 5) is 12.8. The summed E-state index contributed by atoms with van der Waals surface area (Å²) < 4.78 is 0. The molecule has 0 aromatic heterocycles. The number of nitrogens with zero attached hydrogens (tertiary/aromatic N) is 2. The van der Waals surface area contributed by atoms with Crippen molar-refractivity contribution in [3.8, 4) is 0 Å². The molecule has 0 radical (unpaired) electrons. The minimum Gasteiger partial charge on any atom is -0.273 e. The summed E-state index contributed by atoms with van der Waals surface area (Å²) in [6, 6.07) is 10.7.